The quantitative estimate of drug-likeness (QED) is 0.894. The second-order valence-corrected chi connectivity index (χ2v) is 6.16. The second kappa shape index (κ2) is 7.69. The normalized spacial score (nSPS) is 16.5. The van der Waals surface area contributed by atoms with Crippen molar-refractivity contribution in [3.63, 3.8) is 0 Å². The number of amides is 1. The van der Waals surface area contributed by atoms with E-state index in [0.29, 0.717) is 6.54 Å². The molecule has 0 saturated carbocycles. The molecule has 0 bridgehead atoms. The molecule has 3 rings (SSSR count). The summed E-state index contributed by atoms with van der Waals surface area (Å²) in [5, 5.41) is 2.82. The monoisotopic (exact) mass is 346 g/mol. The molecule has 0 radical (unpaired) electrons. The first-order valence-electron chi connectivity index (χ1n) is 7.95. The van der Waals surface area contributed by atoms with Crippen LogP contribution in [0.3, 0.4) is 0 Å². The summed E-state index contributed by atoms with van der Waals surface area (Å²) in [5.41, 5.74) is 10.2. The lowest BCUT2D eigenvalue weighted by Gasteiger charge is -2.09. The van der Waals surface area contributed by atoms with Gasteiger partial charge in [-0.3, -0.25) is 4.79 Å². The number of halogens is 1. The van der Waals surface area contributed by atoms with Gasteiger partial charge < -0.3 is 15.8 Å². The molecule has 5 heteroatoms. The molecule has 128 valence electrons. The van der Waals surface area contributed by atoms with E-state index in [2.05, 4.69) is 36.5 Å². The molecule has 0 fully saturated rings. The van der Waals surface area contributed by atoms with Crippen LogP contribution in [0.2, 0.25) is 0 Å². The van der Waals surface area contributed by atoms with E-state index in [4.69, 9.17) is 10.5 Å². The van der Waals surface area contributed by atoms with Crippen LogP contribution in [0.4, 0.5) is 0 Å². The molecule has 1 amide bonds. The number of hydrogen-bond acceptors (Lipinski definition) is 3. The summed E-state index contributed by atoms with van der Waals surface area (Å²) >= 11 is 0. The highest BCUT2D eigenvalue weighted by molar-refractivity contribution is 5.85. The van der Waals surface area contributed by atoms with Gasteiger partial charge in [-0.1, -0.05) is 30.3 Å². The Balaban J connectivity index is 0.00000208. The average Bonchev–Trinajstić information content (AvgIpc) is 2.92. The molecule has 4 nitrogen and oxygen atoms in total. The first kappa shape index (κ1) is 18.3. The van der Waals surface area contributed by atoms with Gasteiger partial charge in [0.15, 0.2) is 0 Å². The molecule has 0 saturated heterocycles. The summed E-state index contributed by atoms with van der Waals surface area (Å²) in [4.78, 5) is 11.5. The van der Waals surface area contributed by atoms with Gasteiger partial charge in [0, 0.05) is 13.0 Å². The summed E-state index contributed by atoms with van der Waals surface area (Å²) in [7, 11) is 0. The van der Waals surface area contributed by atoms with Crippen LogP contribution in [0.5, 0.6) is 5.75 Å². The van der Waals surface area contributed by atoms with Crippen molar-refractivity contribution < 1.29 is 9.53 Å². The molecule has 1 heterocycles. The van der Waals surface area contributed by atoms with Crippen LogP contribution < -0.4 is 15.8 Å². The van der Waals surface area contributed by atoms with E-state index in [-0.39, 0.29) is 24.4 Å². The van der Waals surface area contributed by atoms with Gasteiger partial charge in [-0.15, -0.1) is 12.4 Å². The summed E-state index contributed by atoms with van der Waals surface area (Å²) < 4.78 is 5.74. The number of rotatable bonds is 4. The van der Waals surface area contributed by atoms with Crippen molar-refractivity contribution in [1.29, 1.82) is 0 Å². The Bertz CT molecular complexity index is 714. The molecule has 2 aromatic rings. The number of hydrogen-bond donors (Lipinski definition) is 2. The third-order valence-corrected chi connectivity index (χ3v) is 4.06. The summed E-state index contributed by atoms with van der Waals surface area (Å²) in [5.74, 6) is 0.860. The van der Waals surface area contributed by atoms with Gasteiger partial charge in [0.05, 0.1) is 6.04 Å². The minimum Gasteiger partial charge on any atom is -0.490 e. The zero-order valence-corrected chi connectivity index (χ0v) is 14.7. The van der Waals surface area contributed by atoms with E-state index in [9.17, 15) is 4.79 Å². The summed E-state index contributed by atoms with van der Waals surface area (Å²) in [6.45, 7) is 4.26. The summed E-state index contributed by atoms with van der Waals surface area (Å²) in [6, 6.07) is 14.1. The average molecular weight is 347 g/mol. The van der Waals surface area contributed by atoms with E-state index in [1.165, 1.54) is 11.1 Å². The maximum absolute atomic E-state index is 11.5. The largest absolute Gasteiger partial charge is 0.490 e. The number of carbonyl (C=O) groups is 1. The summed E-state index contributed by atoms with van der Waals surface area (Å²) in [6.07, 6.45) is 1.22. The van der Waals surface area contributed by atoms with Crippen molar-refractivity contribution in [3.05, 3.63) is 53.6 Å². The molecule has 3 N–H and O–H groups in total. The highest BCUT2D eigenvalue weighted by Crippen LogP contribution is 2.32. The smallest absolute Gasteiger partial charge is 0.236 e. The van der Waals surface area contributed by atoms with E-state index in [1.807, 2.05) is 18.2 Å². The Hall–Kier alpha value is -2.04. The topological polar surface area (TPSA) is 64.4 Å². The van der Waals surface area contributed by atoms with Crippen molar-refractivity contribution in [2.75, 3.05) is 0 Å². The fourth-order valence-electron chi connectivity index (χ4n) is 2.77. The number of nitrogens with one attached hydrogen (secondary N) is 1. The van der Waals surface area contributed by atoms with E-state index < -0.39 is 6.04 Å². The van der Waals surface area contributed by atoms with Crippen LogP contribution in [-0.4, -0.2) is 18.1 Å². The molecule has 1 aliphatic rings. The van der Waals surface area contributed by atoms with Crippen LogP contribution >= 0.6 is 12.4 Å². The zero-order chi connectivity index (χ0) is 16.4. The number of nitrogens with two attached hydrogens (primary N) is 1. The fourth-order valence-corrected chi connectivity index (χ4v) is 2.77. The Morgan fingerprint density at radius 3 is 2.58 bits per heavy atom. The molecule has 24 heavy (non-hydrogen) atoms. The van der Waals surface area contributed by atoms with E-state index in [1.54, 1.807) is 6.92 Å². The number of ether oxygens (including phenoxy) is 1. The third-order valence-electron chi connectivity index (χ3n) is 4.06. The second-order valence-electron chi connectivity index (χ2n) is 6.16. The Kier molecular flexibility index (Phi) is 5.86. The van der Waals surface area contributed by atoms with Crippen molar-refractivity contribution in [2.24, 2.45) is 5.73 Å². The lowest BCUT2D eigenvalue weighted by Crippen LogP contribution is -2.37. The van der Waals surface area contributed by atoms with Gasteiger partial charge in [0.2, 0.25) is 5.91 Å². The van der Waals surface area contributed by atoms with Crippen molar-refractivity contribution in [2.45, 2.75) is 39.0 Å². The van der Waals surface area contributed by atoms with Gasteiger partial charge in [0.1, 0.15) is 11.9 Å². The predicted octanol–water partition coefficient (Wildman–Crippen LogP) is 3.06. The minimum absolute atomic E-state index is 0. The molecule has 2 atom stereocenters. The Morgan fingerprint density at radius 1 is 1.25 bits per heavy atom. The fraction of sp³-hybridized carbons (Fsp3) is 0.316. The minimum atomic E-state index is -0.481. The standard InChI is InChI=1S/C19H22N2O2.ClH/c1-12-9-17-10-16(7-8-18(17)23-12)15-5-3-14(4-6-15)11-21-19(22)13(2)20;/h3-8,10,12-13H,9,11,20H2,1-2H3,(H,21,22);1H. The van der Waals surface area contributed by atoms with E-state index >= 15 is 0 Å². The highest BCUT2D eigenvalue weighted by atomic mass is 35.5. The van der Waals surface area contributed by atoms with Gasteiger partial charge >= 0.3 is 0 Å². The first-order chi connectivity index (χ1) is 11.0. The molecule has 0 aliphatic carbocycles. The lowest BCUT2D eigenvalue weighted by molar-refractivity contribution is -0.122. The van der Waals surface area contributed by atoms with Crippen LogP contribution in [0, 0.1) is 0 Å². The molecule has 2 unspecified atom stereocenters. The predicted molar refractivity (Wildman–Crippen MR) is 98.4 cm³/mol. The lowest BCUT2D eigenvalue weighted by atomic mass is 10.00. The van der Waals surface area contributed by atoms with Crippen LogP contribution in [-0.2, 0) is 17.8 Å². The molecular weight excluding hydrogens is 324 g/mol. The Labute approximate surface area is 148 Å². The van der Waals surface area contributed by atoms with Crippen LogP contribution in [0.15, 0.2) is 42.5 Å². The van der Waals surface area contributed by atoms with E-state index in [0.717, 1.165) is 23.3 Å². The maximum Gasteiger partial charge on any atom is 0.236 e. The highest BCUT2D eigenvalue weighted by Gasteiger charge is 2.19. The molecule has 1 aliphatic heterocycles. The molecular formula is C19H23ClN2O2. The Morgan fingerprint density at radius 2 is 1.92 bits per heavy atom. The van der Waals surface area contributed by atoms with Gasteiger partial charge in [-0.25, -0.2) is 0 Å². The van der Waals surface area contributed by atoms with Crippen molar-refractivity contribution in [3.8, 4) is 16.9 Å². The number of fused-ring (bicyclic) bond motifs is 1. The first-order valence-corrected chi connectivity index (χ1v) is 7.95. The van der Waals surface area contributed by atoms with Gasteiger partial charge in [-0.05, 0) is 48.2 Å². The van der Waals surface area contributed by atoms with Gasteiger partial charge in [-0.2, -0.15) is 0 Å². The molecule has 2 aromatic carbocycles. The van der Waals surface area contributed by atoms with Crippen LogP contribution in [0.1, 0.15) is 25.0 Å². The van der Waals surface area contributed by atoms with Crippen molar-refractivity contribution >= 4 is 18.3 Å². The van der Waals surface area contributed by atoms with Crippen LogP contribution in [0.25, 0.3) is 11.1 Å². The van der Waals surface area contributed by atoms with Gasteiger partial charge in [0.25, 0.3) is 0 Å². The van der Waals surface area contributed by atoms with Crippen molar-refractivity contribution in [1.82, 2.24) is 5.32 Å². The zero-order valence-electron chi connectivity index (χ0n) is 13.9. The number of carbonyl (C=O) groups excluding carboxylic acids is 1. The SMILES string of the molecule is CC1Cc2cc(-c3ccc(CNC(=O)C(C)N)cc3)ccc2O1.Cl. The molecule has 0 aromatic heterocycles. The molecule has 0 spiro atoms. The number of benzene rings is 2. The third kappa shape index (κ3) is 4.08. The maximum atomic E-state index is 11.5.